The van der Waals surface area contributed by atoms with Gasteiger partial charge in [0, 0.05) is 19.5 Å². The minimum atomic E-state index is -0.0547. The van der Waals surface area contributed by atoms with E-state index in [1.54, 1.807) is 18.2 Å². The van der Waals surface area contributed by atoms with Crippen LogP contribution in [0.5, 0.6) is 0 Å². The van der Waals surface area contributed by atoms with E-state index in [9.17, 15) is 4.79 Å². The summed E-state index contributed by atoms with van der Waals surface area (Å²) in [5.41, 5.74) is 5.02. The van der Waals surface area contributed by atoms with E-state index in [2.05, 4.69) is 16.9 Å². The molecule has 136 valence electrons. The molecule has 0 spiro atoms. The van der Waals surface area contributed by atoms with E-state index in [1.807, 2.05) is 11.5 Å². The summed E-state index contributed by atoms with van der Waals surface area (Å²) in [4.78, 5) is 13.1. The average Bonchev–Trinajstić information content (AvgIpc) is 2.86. The molecule has 0 fully saturated rings. The van der Waals surface area contributed by atoms with Gasteiger partial charge in [-0.05, 0) is 38.1 Å². The lowest BCUT2D eigenvalue weighted by Gasteiger charge is -2.16. The van der Waals surface area contributed by atoms with Crippen molar-refractivity contribution in [3.63, 3.8) is 0 Å². The number of halogens is 2. The summed E-state index contributed by atoms with van der Waals surface area (Å²) < 4.78 is 3.96. The van der Waals surface area contributed by atoms with Crippen LogP contribution in [0.2, 0.25) is 10.0 Å². The molecular formula is C19H21Cl2N4O+. The number of amides is 1. The Morgan fingerprint density at radius 3 is 2.92 bits per heavy atom. The van der Waals surface area contributed by atoms with Crippen molar-refractivity contribution in [3.8, 4) is 0 Å². The minimum absolute atomic E-state index is 0.0547. The van der Waals surface area contributed by atoms with Gasteiger partial charge in [-0.15, -0.1) is 0 Å². The van der Waals surface area contributed by atoms with Gasteiger partial charge in [-0.1, -0.05) is 23.2 Å². The third-order valence-corrected chi connectivity index (χ3v) is 5.94. The van der Waals surface area contributed by atoms with Crippen LogP contribution in [0.4, 0.5) is 0 Å². The molecule has 1 atom stereocenters. The molecular weight excluding hydrogens is 371 g/mol. The average molecular weight is 392 g/mol. The number of aromatic nitrogens is 2. The van der Waals surface area contributed by atoms with Crippen molar-refractivity contribution in [2.24, 2.45) is 0 Å². The fraction of sp³-hybridized carbons (Fsp3) is 0.421. The second-order valence-corrected chi connectivity index (χ2v) is 7.81. The Bertz CT molecular complexity index is 932. The Hall–Kier alpha value is -1.69. The van der Waals surface area contributed by atoms with Crippen LogP contribution in [-0.4, -0.2) is 32.5 Å². The summed E-state index contributed by atoms with van der Waals surface area (Å²) >= 11 is 12.1. The van der Waals surface area contributed by atoms with Gasteiger partial charge in [0.1, 0.15) is 0 Å². The molecule has 4 rings (SSSR count). The normalized spacial score (nSPS) is 19.8. The molecule has 0 saturated heterocycles. The van der Waals surface area contributed by atoms with Gasteiger partial charge >= 0.3 is 5.91 Å². The molecule has 1 amide bonds. The fourth-order valence-electron chi connectivity index (χ4n) is 3.84. The van der Waals surface area contributed by atoms with E-state index in [0.717, 1.165) is 30.9 Å². The lowest BCUT2D eigenvalue weighted by molar-refractivity contribution is -0.449. The first-order valence-electron chi connectivity index (χ1n) is 8.87. The number of hydrogen-bond acceptors (Lipinski definition) is 3. The highest BCUT2D eigenvalue weighted by Gasteiger charge is 2.35. The van der Waals surface area contributed by atoms with Crippen molar-refractivity contribution in [1.29, 1.82) is 0 Å². The lowest BCUT2D eigenvalue weighted by Crippen LogP contribution is -2.32. The smallest absolute Gasteiger partial charge is 0.309 e. The SMILES string of the molecule is CC1=[N+](C(=O)c2ccc(Cl)c(Cl)c2)Cc2c(nn3c2C(C)NCCC3)C1. The molecule has 0 saturated carbocycles. The van der Waals surface area contributed by atoms with E-state index in [0.29, 0.717) is 28.6 Å². The third-order valence-electron chi connectivity index (χ3n) is 5.20. The quantitative estimate of drug-likeness (QED) is 0.755. The summed E-state index contributed by atoms with van der Waals surface area (Å²) in [7, 11) is 0. The predicted molar refractivity (Wildman–Crippen MR) is 102 cm³/mol. The number of carbonyl (C=O) groups is 1. The monoisotopic (exact) mass is 391 g/mol. The molecule has 1 aromatic carbocycles. The number of carbonyl (C=O) groups excluding carboxylic acids is 1. The van der Waals surface area contributed by atoms with Crippen LogP contribution in [0.25, 0.3) is 0 Å². The first-order chi connectivity index (χ1) is 12.5. The molecule has 1 N–H and O–H groups in total. The van der Waals surface area contributed by atoms with Crippen LogP contribution < -0.4 is 5.32 Å². The Balaban J connectivity index is 1.71. The number of aryl methyl sites for hydroxylation is 1. The van der Waals surface area contributed by atoms with Gasteiger partial charge in [0.25, 0.3) is 0 Å². The number of rotatable bonds is 1. The second kappa shape index (κ2) is 6.80. The zero-order chi connectivity index (χ0) is 18.4. The highest BCUT2D eigenvalue weighted by Crippen LogP contribution is 2.29. The number of hydrogen-bond donors (Lipinski definition) is 1. The second-order valence-electron chi connectivity index (χ2n) is 7.00. The van der Waals surface area contributed by atoms with Gasteiger partial charge < -0.3 is 5.32 Å². The zero-order valence-corrected chi connectivity index (χ0v) is 16.4. The van der Waals surface area contributed by atoms with Crippen molar-refractivity contribution in [1.82, 2.24) is 15.1 Å². The van der Waals surface area contributed by atoms with Crippen molar-refractivity contribution in [2.75, 3.05) is 6.54 Å². The Kier molecular flexibility index (Phi) is 4.63. The maximum absolute atomic E-state index is 13.1. The predicted octanol–water partition coefficient (Wildman–Crippen LogP) is 3.61. The van der Waals surface area contributed by atoms with Gasteiger partial charge in [-0.3, -0.25) is 4.68 Å². The van der Waals surface area contributed by atoms with E-state index in [1.165, 1.54) is 11.3 Å². The zero-order valence-electron chi connectivity index (χ0n) is 14.9. The molecule has 2 aliphatic heterocycles. The van der Waals surface area contributed by atoms with Crippen LogP contribution in [0.3, 0.4) is 0 Å². The van der Waals surface area contributed by atoms with Crippen LogP contribution in [0.1, 0.15) is 53.6 Å². The first-order valence-corrected chi connectivity index (χ1v) is 9.62. The van der Waals surface area contributed by atoms with Crippen molar-refractivity contribution >= 4 is 34.8 Å². The fourth-order valence-corrected chi connectivity index (χ4v) is 4.14. The molecule has 5 nitrogen and oxygen atoms in total. The van der Waals surface area contributed by atoms with Crippen LogP contribution >= 0.6 is 23.2 Å². The van der Waals surface area contributed by atoms with E-state index in [4.69, 9.17) is 28.3 Å². The third kappa shape index (κ3) is 2.98. The maximum Gasteiger partial charge on any atom is 0.419 e. The molecule has 3 heterocycles. The Morgan fingerprint density at radius 1 is 1.35 bits per heavy atom. The number of nitrogens with zero attached hydrogens (tertiary/aromatic N) is 3. The highest BCUT2D eigenvalue weighted by atomic mass is 35.5. The van der Waals surface area contributed by atoms with Gasteiger partial charge in [0.15, 0.2) is 12.3 Å². The van der Waals surface area contributed by atoms with Crippen LogP contribution in [-0.2, 0) is 19.5 Å². The largest absolute Gasteiger partial charge is 0.419 e. The minimum Gasteiger partial charge on any atom is -0.309 e. The van der Waals surface area contributed by atoms with Crippen molar-refractivity contribution < 1.29 is 9.37 Å². The molecule has 0 radical (unpaired) electrons. The molecule has 0 aliphatic carbocycles. The summed E-state index contributed by atoms with van der Waals surface area (Å²) in [6.07, 6.45) is 1.75. The number of benzene rings is 1. The van der Waals surface area contributed by atoms with Gasteiger partial charge in [0.2, 0.25) is 0 Å². The summed E-state index contributed by atoms with van der Waals surface area (Å²) in [6.45, 7) is 6.59. The molecule has 2 aromatic rings. The maximum atomic E-state index is 13.1. The van der Waals surface area contributed by atoms with E-state index in [-0.39, 0.29) is 11.9 Å². The summed E-state index contributed by atoms with van der Waals surface area (Å²) in [6, 6.07) is 5.26. The molecule has 0 bridgehead atoms. The number of fused-ring (bicyclic) bond motifs is 3. The van der Waals surface area contributed by atoms with E-state index >= 15 is 0 Å². The molecule has 1 aromatic heterocycles. The Morgan fingerprint density at radius 2 is 2.15 bits per heavy atom. The van der Waals surface area contributed by atoms with Crippen molar-refractivity contribution in [3.05, 3.63) is 50.8 Å². The van der Waals surface area contributed by atoms with Crippen molar-refractivity contribution in [2.45, 2.75) is 45.8 Å². The molecule has 26 heavy (non-hydrogen) atoms. The molecule has 1 unspecified atom stereocenters. The number of nitrogens with one attached hydrogen (secondary N) is 1. The summed E-state index contributed by atoms with van der Waals surface area (Å²) in [5.74, 6) is -0.0547. The standard InChI is InChI=1S/C19H21Cl2N4O/c1-11-8-17-14(18-12(2)22-6-3-7-25(18)23-17)10-24(11)19(26)13-4-5-15(20)16(21)9-13/h4-5,9,12,22H,3,6-8,10H2,1-2H3/q+1. The van der Waals surface area contributed by atoms with Gasteiger partial charge in [-0.2, -0.15) is 9.67 Å². The highest BCUT2D eigenvalue weighted by molar-refractivity contribution is 6.42. The molecule has 7 heteroatoms. The summed E-state index contributed by atoms with van der Waals surface area (Å²) in [5, 5.41) is 9.20. The van der Waals surface area contributed by atoms with Gasteiger partial charge in [0.05, 0.1) is 39.0 Å². The van der Waals surface area contributed by atoms with Crippen LogP contribution in [0.15, 0.2) is 18.2 Å². The molecule has 2 aliphatic rings. The first kappa shape index (κ1) is 17.7. The lowest BCUT2D eigenvalue weighted by atomic mass is 10.0. The Labute approximate surface area is 162 Å². The van der Waals surface area contributed by atoms with E-state index < -0.39 is 0 Å². The topological polar surface area (TPSA) is 49.9 Å². The van der Waals surface area contributed by atoms with Gasteiger partial charge in [-0.25, -0.2) is 4.79 Å². The van der Waals surface area contributed by atoms with Crippen LogP contribution in [0, 0.1) is 0 Å².